The van der Waals surface area contributed by atoms with Gasteiger partial charge in [-0.05, 0) is 47.5 Å². The molecular weight excluding hydrogens is 458 g/mol. The Morgan fingerprint density at radius 3 is 1.20 bits per heavy atom. The Morgan fingerprint density at radius 2 is 0.900 bits per heavy atom. The average molecular weight is 470 g/mol. The number of hydrogen-bond donors (Lipinski definition) is 0. The summed E-state index contributed by atoms with van der Waals surface area (Å²) in [6, 6.07) is 21.8. The monoisotopic (exact) mass is 468 g/mol. The van der Waals surface area contributed by atoms with Gasteiger partial charge in [-0.2, -0.15) is 10.5 Å². The van der Waals surface area contributed by atoms with Gasteiger partial charge in [-0.25, -0.2) is 0 Å². The van der Waals surface area contributed by atoms with E-state index in [0.717, 1.165) is 0 Å². The molecular formula is C24H12Cl4N2. The highest BCUT2D eigenvalue weighted by atomic mass is 35.5. The van der Waals surface area contributed by atoms with Crippen LogP contribution in [0.15, 0.2) is 60.7 Å². The van der Waals surface area contributed by atoms with E-state index in [1.165, 1.54) is 0 Å². The molecule has 0 amide bonds. The van der Waals surface area contributed by atoms with Crippen molar-refractivity contribution in [1.29, 1.82) is 10.5 Å². The fraction of sp³-hybridized carbons (Fsp3) is 0. The Labute approximate surface area is 194 Å². The Morgan fingerprint density at radius 1 is 0.567 bits per heavy atom. The number of halogens is 4. The van der Waals surface area contributed by atoms with Crippen LogP contribution in [0.3, 0.4) is 0 Å². The molecule has 3 aromatic rings. The summed E-state index contributed by atoms with van der Waals surface area (Å²) in [5, 5.41) is 21.0. The third-order valence-electron chi connectivity index (χ3n) is 4.30. The van der Waals surface area contributed by atoms with E-state index in [9.17, 15) is 10.5 Å². The van der Waals surface area contributed by atoms with E-state index in [-0.39, 0.29) is 0 Å². The first-order valence-electron chi connectivity index (χ1n) is 8.67. The van der Waals surface area contributed by atoms with Gasteiger partial charge in [0.1, 0.15) is 0 Å². The van der Waals surface area contributed by atoms with E-state index in [1.807, 2.05) is 24.3 Å². The molecule has 0 unspecified atom stereocenters. The third-order valence-corrected chi connectivity index (χ3v) is 5.56. The lowest BCUT2D eigenvalue weighted by Crippen LogP contribution is -1.90. The molecule has 3 rings (SSSR count). The molecule has 2 nitrogen and oxygen atoms in total. The van der Waals surface area contributed by atoms with Crippen LogP contribution in [0, 0.1) is 22.7 Å². The second-order valence-electron chi connectivity index (χ2n) is 6.16. The number of nitrogens with zero attached hydrogens (tertiary/aromatic N) is 2. The van der Waals surface area contributed by atoms with E-state index in [0.29, 0.717) is 53.5 Å². The van der Waals surface area contributed by atoms with Crippen molar-refractivity contribution in [3.8, 4) is 12.1 Å². The van der Waals surface area contributed by atoms with Gasteiger partial charge in [-0.15, -0.1) is 0 Å². The summed E-state index contributed by atoms with van der Waals surface area (Å²) in [6.07, 6.45) is 3.37. The highest BCUT2D eigenvalue weighted by molar-refractivity contribution is 6.39. The molecule has 0 heterocycles. The lowest BCUT2D eigenvalue weighted by molar-refractivity contribution is 1.51. The summed E-state index contributed by atoms with van der Waals surface area (Å²) in [6.45, 7) is 0. The number of hydrogen-bond acceptors (Lipinski definition) is 2. The Hall–Kier alpha value is -2.72. The van der Waals surface area contributed by atoms with Gasteiger partial charge in [0.15, 0.2) is 0 Å². The average Bonchev–Trinajstić information content (AvgIpc) is 2.72. The standard InChI is InChI=1S/C24H12Cl4N2/c25-19-7-3-8-20(26)23(19)17(13-29)11-15-5-1-2-6-16(15)12-18(14-30)24-21(27)9-4-10-22(24)28/h1-12H/b17-11+,18-12+. The van der Waals surface area contributed by atoms with Crippen molar-refractivity contribution >= 4 is 69.7 Å². The van der Waals surface area contributed by atoms with Crippen LogP contribution >= 0.6 is 46.4 Å². The molecule has 6 heteroatoms. The molecule has 30 heavy (non-hydrogen) atoms. The van der Waals surface area contributed by atoms with Gasteiger partial charge in [-0.3, -0.25) is 0 Å². The predicted molar refractivity (Wildman–Crippen MR) is 126 cm³/mol. The maximum atomic E-state index is 9.72. The minimum atomic E-state index is 0.306. The van der Waals surface area contributed by atoms with Crippen LogP contribution in [0.4, 0.5) is 0 Å². The van der Waals surface area contributed by atoms with Crippen molar-refractivity contribution in [1.82, 2.24) is 0 Å². The second-order valence-corrected chi connectivity index (χ2v) is 7.79. The number of benzene rings is 3. The molecule has 0 aromatic heterocycles. The van der Waals surface area contributed by atoms with Crippen molar-refractivity contribution in [3.05, 3.63) is 103 Å². The van der Waals surface area contributed by atoms with Crippen LogP contribution in [0.2, 0.25) is 20.1 Å². The van der Waals surface area contributed by atoms with Crippen LogP contribution in [0.5, 0.6) is 0 Å². The minimum absolute atomic E-state index is 0.306. The van der Waals surface area contributed by atoms with Crippen molar-refractivity contribution in [3.63, 3.8) is 0 Å². The number of nitriles is 2. The molecule has 0 spiro atoms. The van der Waals surface area contributed by atoms with Crippen LogP contribution in [-0.4, -0.2) is 0 Å². The van der Waals surface area contributed by atoms with E-state index in [2.05, 4.69) is 12.1 Å². The highest BCUT2D eigenvalue weighted by Crippen LogP contribution is 2.34. The highest BCUT2D eigenvalue weighted by Gasteiger charge is 2.14. The molecule has 146 valence electrons. The zero-order chi connectivity index (χ0) is 21.7. The first-order valence-corrected chi connectivity index (χ1v) is 10.2. The largest absolute Gasteiger partial charge is 0.192 e. The Balaban J connectivity index is 2.18. The lowest BCUT2D eigenvalue weighted by atomic mass is 9.97. The SMILES string of the molecule is N#C/C(=C\c1ccccc1/C=C(\C#N)c1c(Cl)cccc1Cl)c1c(Cl)cccc1Cl. The molecule has 0 bridgehead atoms. The summed E-state index contributed by atoms with van der Waals surface area (Å²) in [4.78, 5) is 0. The summed E-state index contributed by atoms with van der Waals surface area (Å²) in [5.41, 5.74) is 2.94. The van der Waals surface area contributed by atoms with Crippen LogP contribution in [0.1, 0.15) is 22.3 Å². The van der Waals surface area contributed by atoms with E-state index in [1.54, 1.807) is 48.6 Å². The van der Waals surface area contributed by atoms with Gasteiger partial charge in [0, 0.05) is 11.1 Å². The van der Waals surface area contributed by atoms with Crippen LogP contribution in [0.25, 0.3) is 23.3 Å². The summed E-state index contributed by atoms with van der Waals surface area (Å²) in [5.74, 6) is 0. The maximum Gasteiger partial charge on any atom is 0.0999 e. The van der Waals surface area contributed by atoms with Crippen molar-refractivity contribution in [2.45, 2.75) is 0 Å². The smallest absolute Gasteiger partial charge is 0.0999 e. The Bertz CT molecular complexity index is 1120. The third kappa shape index (κ3) is 4.71. The van der Waals surface area contributed by atoms with Crippen LogP contribution < -0.4 is 0 Å². The summed E-state index contributed by atoms with van der Waals surface area (Å²) < 4.78 is 0. The molecule has 3 aromatic carbocycles. The van der Waals surface area contributed by atoms with Gasteiger partial charge >= 0.3 is 0 Å². The lowest BCUT2D eigenvalue weighted by Gasteiger charge is -2.09. The first-order chi connectivity index (χ1) is 14.5. The summed E-state index contributed by atoms with van der Waals surface area (Å²) in [7, 11) is 0. The number of allylic oxidation sites excluding steroid dienone is 2. The van der Waals surface area contributed by atoms with Crippen molar-refractivity contribution in [2.24, 2.45) is 0 Å². The number of rotatable bonds is 4. The quantitative estimate of drug-likeness (QED) is 0.284. The van der Waals surface area contributed by atoms with E-state index in [4.69, 9.17) is 46.4 Å². The fourth-order valence-electron chi connectivity index (χ4n) is 2.92. The van der Waals surface area contributed by atoms with Crippen molar-refractivity contribution < 1.29 is 0 Å². The molecule has 0 saturated heterocycles. The summed E-state index contributed by atoms with van der Waals surface area (Å²) >= 11 is 25.1. The topological polar surface area (TPSA) is 47.6 Å². The molecule has 0 atom stereocenters. The van der Waals surface area contributed by atoms with Crippen molar-refractivity contribution in [2.75, 3.05) is 0 Å². The molecule has 0 aliphatic heterocycles. The molecule has 0 aliphatic rings. The zero-order valence-electron chi connectivity index (χ0n) is 15.3. The first kappa shape index (κ1) is 22.0. The van der Waals surface area contributed by atoms with Gasteiger partial charge in [-0.1, -0.05) is 82.8 Å². The maximum absolute atomic E-state index is 9.72. The normalized spacial score (nSPS) is 11.7. The fourth-order valence-corrected chi connectivity index (χ4v) is 4.12. The molecule has 0 fully saturated rings. The van der Waals surface area contributed by atoms with Gasteiger partial charge in [0.25, 0.3) is 0 Å². The Kier molecular flexibility index (Phi) is 7.22. The minimum Gasteiger partial charge on any atom is -0.192 e. The zero-order valence-corrected chi connectivity index (χ0v) is 18.4. The second kappa shape index (κ2) is 9.86. The molecule has 0 N–H and O–H groups in total. The molecule has 0 radical (unpaired) electrons. The van der Waals surface area contributed by atoms with Gasteiger partial charge in [0.05, 0.1) is 43.4 Å². The van der Waals surface area contributed by atoms with E-state index >= 15 is 0 Å². The predicted octanol–water partition coefficient (Wildman–Crippen LogP) is 8.43. The van der Waals surface area contributed by atoms with Gasteiger partial charge < -0.3 is 0 Å². The van der Waals surface area contributed by atoms with E-state index < -0.39 is 0 Å². The molecule has 0 saturated carbocycles. The van der Waals surface area contributed by atoms with Gasteiger partial charge in [0.2, 0.25) is 0 Å². The van der Waals surface area contributed by atoms with Crippen LogP contribution in [-0.2, 0) is 0 Å². The molecule has 0 aliphatic carbocycles.